The molecule has 3 heterocycles. The number of morpholine rings is 1. The molecule has 1 fully saturated rings. The first kappa shape index (κ1) is 19.1. The number of aliphatic hydroxyl groups excluding tert-OH is 1. The predicted molar refractivity (Wildman–Crippen MR) is 111 cm³/mol. The first-order chi connectivity index (χ1) is 13.5. The number of anilines is 2. The van der Waals surface area contributed by atoms with Gasteiger partial charge in [0.15, 0.2) is 5.82 Å². The molecule has 1 saturated heterocycles. The maximum atomic E-state index is 11.8. The summed E-state index contributed by atoms with van der Waals surface area (Å²) in [7, 11) is 0. The van der Waals surface area contributed by atoms with Gasteiger partial charge in [0.1, 0.15) is 6.10 Å². The van der Waals surface area contributed by atoms with Gasteiger partial charge in [-0.1, -0.05) is 12.1 Å². The highest BCUT2D eigenvalue weighted by atomic mass is 35.5. The number of hydrogen-bond acceptors (Lipinski definition) is 7. The number of rotatable bonds is 4. The summed E-state index contributed by atoms with van der Waals surface area (Å²) in [6, 6.07) is 9.46. The van der Waals surface area contributed by atoms with E-state index in [-0.39, 0.29) is 5.28 Å². The molecule has 0 spiro atoms. The summed E-state index contributed by atoms with van der Waals surface area (Å²) in [5.74, 6) is 0.383. The lowest BCUT2D eigenvalue weighted by molar-refractivity contribution is -0.123. The average molecular weight is 419 g/mol. The second-order valence-corrected chi connectivity index (χ2v) is 7.88. The molecule has 1 amide bonds. The van der Waals surface area contributed by atoms with E-state index in [2.05, 4.69) is 20.2 Å². The molecule has 7 nitrogen and oxygen atoms in total. The number of nitrogens with zero attached hydrogens (tertiary/aromatic N) is 3. The highest BCUT2D eigenvalue weighted by molar-refractivity contribution is 7.22. The summed E-state index contributed by atoms with van der Waals surface area (Å²) >= 11 is 7.75. The van der Waals surface area contributed by atoms with E-state index in [9.17, 15) is 9.90 Å². The molecule has 0 saturated carbocycles. The van der Waals surface area contributed by atoms with E-state index in [0.717, 1.165) is 39.6 Å². The third kappa shape index (κ3) is 3.95. The molecule has 0 aliphatic carbocycles. The Balaban J connectivity index is 1.71. The van der Waals surface area contributed by atoms with Gasteiger partial charge in [-0.15, -0.1) is 11.3 Å². The van der Waals surface area contributed by atoms with Crippen LogP contribution >= 0.6 is 22.9 Å². The summed E-state index contributed by atoms with van der Waals surface area (Å²) in [4.78, 5) is 23.7. The first-order valence-electron chi connectivity index (χ1n) is 8.90. The van der Waals surface area contributed by atoms with E-state index in [0.29, 0.717) is 18.9 Å². The van der Waals surface area contributed by atoms with Crippen molar-refractivity contribution in [3.05, 3.63) is 35.6 Å². The topological polar surface area (TPSA) is 87.6 Å². The molecule has 0 radical (unpaired) electrons. The lowest BCUT2D eigenvalue weighted by Crippen LogP contribution is -2.36. The van der Waals surface area contributed by atoms with Gasteiger partial charge in [0.05, 0.1) is 23.4 Å². The molecule has 146 valence electrons. The number of halogens is 1. The zero-order valence-electron chi connectivity index (χ0n) is 15.2. The van der Waals surface area contributed by atoms with E-state index in [1.165, 1.54) is 6.92 Å². The molecular formula is C19H19ClN4O3S. The van der Waals surface area contributed by atoms with Gasteiger partial charge in [0, 0.05) is 23.7 Å². The van der Waals surface area contributed by atoms with Crippen molar-refractivity contribution in [1.29, 1.82) is 0 Å². The van der Waals surface area contributed by atoms with E-state index in [1.54, 1.807) is 17.4 Å². The Labute approximate surface area is 170 Å². The van der Waals surface area contributed by atoms with Gasteiger partial charge in [-0.25, -0.2) is 4.98 Å². The van der Waals surface area contributed by atoms with Gasteiger partial charge in [-0.05, 0) is 42.3 Å². The third-order valence-corrected chi connectivity index (χ3v) is 5.77. The van der Waals surface area contributed by atoms with Crippen molar-refractivity contribution < 1.29 is 14.6 Å². The Morgan fingerprint density at radius 2 is 2.11 bits per heavy atom. The van der Waals surface area contributed by atoms with E-state index in [4.69, 9.17) is 16.3 Å². The van der Waals surface area contributed by atoms with E-state index < -0.39 is 12.0 Å². The van der Waals surface area contributed by atoms with Crippen molar-refractivity contribution >= 4 is 50.6 Å². The van der Waals surface area contributed by atoms with Crippen LogP contribution in [-0.4, -0.2) is 53.4 Å². The number of aromatic nitrogens is 2. The highest BCUT2D eigenvalue weighted by Gasteiger charge is 2.19. The minimum absolute atomic E-state index is 0.219. The zero-order valence-corrected chi connectivity index (χ0v) is 16.8. The summed E-state index contributed by atoms with van der Waals surface area (Å²) in [6.45, 7) is 4.27. The number of aliphatic hydroxyl groups is 1. The fraction of sp³-hybridized carbons (Fsp3) is 0.316. The van der Waals surface area contributed by atoms with Crippen LogP contribution in [-0.2, 0) is 9.53 Å². The van der Waals surface area contributed by atoms with Crippen LogP contribution in [0.4, 0.5) is 11.5 Å². The molecule has 28 heavy (non-hydrogen) atoms. The van der Waals surface area contributed by atoms with Crippen LogP contribution in [0.25, 0.3) is 20.7 Å². The number of hydrogen-bond donors (Lipinski definition) is 2. The van der Waals surface area contributed by atoms with Crippen LogP contribution in [0.2, 0.25) is 5.28 Å². The van der Waals surface area contributed by atoms with E-state index in [1.807, 2.05) is 24.3 Å². The second kappa shape index (κ2) is 8.00. The molecule has 4 rings (SSSR count). The Bertz CT molecular complexity index is 1020. The zero-order chi connectivity index (χ0) is 19.7. The number of fused-ring (bicyclic) bond motifs is 1. The lowest BCUT2D eigenvalue weighted by Gasteiger charge is -2.28. The van der Waals surface area contributed by atoms with Crippen LogP contribution in [0.5, 0.6) is 0 Å². The van der Waals surface area contributed by atoms with Crippen LogP contribution in [0.3, 0.4) is 0 Å². The summed E-state index contributed by atoms with van der Waals surface area (Å²) in [6.07, 6.45) is -1.07. The number of amides is 1. The van der Waals surface area contributed by atoms with Crippen molar-refractivity contribution in [3.8, 4) is 10.4 Å². The van der Waals surface area contributed by atoms with E-state index >= 15 is 0 Å². The van der Waals surface area contributed by atoms with Crippen LogP contribution in [0, 0.1) is 0 Å². The molecule has 0 bridgehead atoms. The molecule has 9 heteroatoms. The van der Waals surface area contributed by atoms with Crippen LogP contribution in [0.1, 0.15) is 6.92 Å². The number of carbonyl (C=O) groups is 1. The van der Waals surface area contributed by atoms with Gasteiger partial charge in [-0.3, -0.25) is 4.79 Å². The number of nitrogens with one attached hydrogen (secondary N) is 1. The van der Waals surface area contributed by atoms with Gasteiger partial charge in [0.25, 0.3) is 5.91 Å². The quantitative estimate of drug-likeness (QED) is 0.633. The van der Waals surface area contributed by atoms with Crippen LogP contribution < -0.4 is 10.2 Å². The second-order valence-electron chi connectivity index (χ2n) is 6.49. The predicted octanol–water partition coefficient (Wildman–Crippen LogP) is 3.17. The molecule has 1 aliphatic heterocycles. The lowest BCUT2D eigenvalue weighted by atomic mass is 10.1. The Kier molecular flexibility index (Phi) is 5.45. The van der Waals surface area contributed by atoms with Crippen molar-refractivity contribution in [2.45, 2.75) is 13.0 Å². The Morgan fingerprint density at radius 1 is 1.32 bits per heavy atom. The van der Waals surface area contributed by atoms with Crippen molar-refractivity contribution in [2.75, 3.05) is 36.5 Å². The van der Waals surface area contributed by atoms with Crippen molar-refractivity contribution in [3.63, 3.8) is 0 Å². The maximum Gasteiger partial charge on any atom is 0.252 e. The number of ether oxygens (including phenoxy) is 1. The normalized spacial score (nSPS) is 15.6. The SMILES string of the molecule is CC(O)C(=O)Nc1cccc(-c2cc3nc(Cl)nc(N4CCOCC4)c3s2)c1. The van der Waals surface area contributed by atoms with Gasteiger partial charge >= 0.3 is 0 Å². The fourth-order valence-electron chi connectivity index (χ4n) is 3.02. The van der Waals surface area contributed by atoms with Crippen molar-refractivity contribution in [1.82, 2.24) is 9.97 Å². The summed E-state index contributed by atoms with van der Waals surface area (Å²) in [5.41, 5.74) is 2.36. The van der Waals surface area contributed by atoms with Gasteiger partial charge < -0.3 is 20.1 Å². The minimum Gasteiger partial charge on any atom is -0.384 e. The molecule has 1 aliphatic rings. The fourth-order valence-corrected chi connectivity index (χ4v) is 4.30. The number of benzene rings is 1. The first-order valence-corrected chi connectivity index (χ1v) is 10.1. The third-order valence-electron chi connectivity index (χ3n) is 4.43. The molecule has 3 aromatic rings. The van der Waals surface area contributed by atoms with Gasteiger partial charge in [0.2, 0.25) is 5.28 Å². The maximum absolute atomic E-state index is 11.8. The minimum atomic E-state index is -1.07. The van der Waals surface area contributed by atoms with Gasteiger partial charge in [-0.2, -0.15) is 4.98 Å². The largest absolute Gasteiger partial charge is 0.384 e. The molecule has 2 aromatic heterocycles. The molecular weight excluding hydrogens is 400 g/mol. The average Bonchev–Trinajstić information content (AvgIpc) is 3.12. The highest BCUT2D eigenvalue weighted by Crippen LogP contribution is 2.38. The van der Waals surface area contributed by atoms with Crippen molar-refractivity contribution in [2.24, 2.45) is 0 Å². The Hall–Kier alpha value is -2.26. The number of carbonyl (C=O) groups excluding carboxylic acids is 1. The Morgan fingerprint density at radius 3 is 2.86 bits per heavy atom. The molecule has 1 aromatic carbocycles. The molecule has 1 atom stereocenters. The molecule has 1 unspecified atom stereocenters. The summed E-state index contributed by atoms with van der Waals surface area (Å²) < 4.78 is 6.40. The smallest absolute Gasteiger partial charge is 0.252 e. The standard InChI is InChI=1S/C19H19ClN4O3S/c1-11(25)18(26)21-13-4-2-3-12(9-13)15-10-14-16(28-15)17(23-19(20)22-14)24-5-7-27-8-6-24/h2-4,9-11,25H,5-8H2,1H3,(H,21,26). The monoisotopic (exact) mass is 418 g/mol. The number of thiophene rings is 1. The molecule has 2 N–H and O–H groups in total. The summed E-state index contributed by atoms with van der Waals surface area (Å²) in [5, 5.41) is 12.3. The van der Waals surface area contributed by atoms with Crippen LogP contribution in [0.15, 0.2) is 30.3 Å².